The van der Waals surface area contributed by atoms with Crippen LogP contribution in [0.4, 0.5) is 0 Å². The highest BCUT2D eigenvalue weighted by molar-refractivity contribution is 9.10. The fourth-order valence-corrected chi connectivity index (χ4v) is 1.38. The van der Waals surface area contributed by atoms with Crippen LogP contribution in [0.2, 0.25) is 0 Å². The molecule has 0 aliphatic heterocycles. The molecule has 1 aromatic rings. The van der Waals surface area contributed by atoms with Crippen molar-refractivity contribution < 1.29 is 9.53 Å². The van der Waals surface area contributed by atoms with Gasteiger partial charge in [-0.1, -0.05) is 0 Å². The van der Waals surface area contributed by atoms with Crippen molar-refractivity contribution in [3.8, 4) is 0 Å². The fraction of sp³-hybridized carbons (Fsp3) is 0.455. The minimum absolute atomic E-state index is 0.0158. The summed E-state index contributed by atoms with van der Waals surface area (Å²) in [5.41, 5.74) is 0.409. The van der Waals surface area contributed by atoms with E-state index in [9.17, 15) is 4.79 Å². The SMILES string of the molecule is CCOCC(C)NC(=O)c1ccc(Br)cn1. The Hall–Kier alpha value is -0.940. The van der Waals surface area contributed by atoms with Gasteiger partial charge in [-0.2, -0.15) is 0 Å². The number of rotatable bonds is 5. The standard InChI is InChI=1S/C11H15BrN2O2/c1-3-16-7-8(2)14-11(15)10-5-4-9(12)6-13-10/h4-6,8H,3,7H2,1-2H3,(H,14,15). The van der Waals surface area contributed by atoms with Gasteiger partial charge in [-0.3, -0.25) is 4.79 Å². The highest BCUT2D eigenvalue weighted by Crippen LogP contribution is 2.07. The van der Waals surface area contributed by atoms with Crippen LogP contribution in [0, 0.1) is 0 Å². The summed E-state index contributed by atoms with van der Waals surface area (Å²) in [6.45, 7) is 4.98. The van der Waals surface area contributed by atoms with E-state index in [0.29, 0.717) is 18.9 Å². The van der Waals surface area contributed by atoms with Gasteiger partial charge in [0.1, 0.15) is 5.69 Å². The van der Waals surface area contributed by atoms with Crippen molar-refractivity contribution in [2.75, 3.05) is 13.2 Å². The minimum atomic E-state index is -0.181. The van der Waals surface area contributed by atoms with E-state index in [1.54, 1.807) is 18.3 Å². The number of amides is 1. The molecule has 5 heteroatoms. The third-order valence-electron chi connectivity index (χ3n) is 1.91. The Morgan fingerprint density at radius 2 is 2.38 bits per heavy atom. The smallest absolute Gasteiger partial charge is 0.270 e. The number of nitrogens with zero attached hydrogens (tertiary/aromatic N) is 1. The van der Waals surface area contributed by atoms with Gasteiger partial charge in [0, 0.05) is 23.3 Å². The summed E-state index contributed by atoms with van der Waals surface area (Å²) in [6.07, 6.45) is 1.60. The Bertz CT molecular complexity index is 340. The average molecular weight is 287 g/mol. The van der Waals surface area contributed by atoms with E-state index in [4.69, 9.17) is 4.74 Å². The summed E-state index contributed by atoms with van der Waals surface area (Å²) >= 11 is 3.27. The van der Waals surface area contributed by atoms with Crippen LogP contribution < -0.4 is 5.32 Å². The highest BCUT2D eigenvalue weighted by Gasteiger charge is 2.10. The van der Waals surface area contributed by atoms with Crippen LogP contribution in [-0.4, -0.2) is 30.1 Å². The summed E-state index contributed by atoms with van der Waals surface area (Å²) < 4.78 is 6.06. The Labute approximate surface area is 104 Å². The number of ether oxygens (including phenoxy) is 1. The topological polar surface area (TPSA) is 51.2 Å². The molecule has 1 aromatic heterocycles. The zero-order chi connectivity index (χ0) is 12.0. The number of hydrogen-bond donors (Lipinski definition) is 1. The van der Waals surface area contributed by atoms with E-state index in [1.807, 2.05) is 13.8 Å². The van der Waals surface area contributed by atoms with Crippen molar-refractivity contribution in [2.24, 2.45) is 0 Å². The van der Waals surface area contributed by atoms with Crippen LogP contribution in [0.5, 0.6) is 0 Å². The molecule has 0 fully saturated rings. The fourth-order valence-electron chi connectivity index (χ4n) is 1.14. The average Bonchev–Trinajstić information content (AvgIpc) is 2.27. The zero-order valence-electron chi connectivity index (χ0n) is 9.37. The van der Waals surface area contributed by atoms with Crippen molar-refractivity contribution in [3.63, 3.8) is 0 Å². The van der Waals surface area contributed by atoms with Gasteiger partial charge in [-0.15, -0.1) is 0 Å². The van der Waals surface area contributed by atoms with Gasteiger partial charge in [0.15, 0.2) is 0 Å². The predicted molar refractivity (Wildman–Crippen MR) is 65.4 cm³/mol. The number of halogens is 1. The number of carbonyl (C=O) groups excluding carboxylic acids is 1. The van der Waals surface area contributed by atoms with Gasteiger partial charge in [0.25, 0.3) is 5.91 Å². The first-order valence-corrected chi connectivity index (χ1v) is 5.93. The van der Waals surface area contributed by atoms with Gasteiger partial charge >= 0.3 is 0 Å². The molecule has 0 saturated carbocycles. The Morgan fingerprint density at radius 3 is 2.94 bits per heavy atom. The maximum absolute atomic E-state index is 11.7. The number of nitrogens with one attached hydrogen (secondary N) is 1. The monoisotopic (exact) mass is 286 g/mol. The summed E-state index contributed by atoms with van der Waals surface area (Å²) in [5, 5.41) is 2.81. The molecule has 0 saturated heterocycles. The molecule has 0 bridgehead atoms. The molecule has 1 atom stereocenters. The van der Waals surface area contributed by atoms with E-state index in [-0.39, 0.29) is 11.9 Å². The first-order chi connectivity index (χ1) is 7.63. The number of aromatic nitrogens is 1. The molecular formula is C11H15BrN2O2. The summed E-state index contributed by atoms with van der Waals surface area (Å²) in [6, 6.07) is 3.44. The van der Waals surface area contributed by atoms with E-state index in [0.717, 1.165) is 4.47 Å². The second-order valence-corrected chi connectivity index (χ2v) is 4.31. The first-order valence-electron chi connectivity index (χ1n) is 5.13. The molecule has 0 aliphatic carbocycles. The number of pyridine rings is 1. The molecule has 0 radical (unpaired) electrons. The molecule has 1 N–H and O–H groups in total. The van der Waals surface area contributed by atoms with Crippen LogP contribution in [0.1, 0.15) is 24.3 Å². The second kappa shape index (κ2) is 6.60. The van der Waals surface area contributed by atoms with Gasteiger partial charge < -0.3 is 10.1 Å². The van der Waals surface area contributed by atoms with Crippen molar-refractivity contribution in [1.29, 1.82) is 0 Å². The molecule has 0 spiro atoms. The van der Waals surface area contributed by atoms with E-state index >= 15 is 0 Å². The largest absolute Gasteiger partial charge is 0.380 e. The van der Waals surface area contributed by atoms with Crippen LogP contribution in [0.25, 0.3) is 0 Å². The zero-order valence-corrected chi connectivity index (χ0v) is 11.0. The van der Waals surface area contributed by atoms with Crippen LogP contribution in [0.15, 0.2) is 22.8 Å². The molecule has 0 aromatic carbocycles. The van der Waals surface area contributed by atoms with Crippen LogP contribution in [-0.2, 0) is 4.74 Å². The molecule has 4 nitrogen and oxygen atoms in total. The highest BCUT2D eigenvalue weighted by atomic mass is 79.9. The molecule has 88 valence electrons. The lowest BCUT2D eigenvalue weighted by Gasteiger charge is -2.13. The van der Waals surface area contributed by atoms with Gasteiger partial charge in [0.2, 0.25) is 0 Å². The van der Waals surface area contributed by atoms with E-state index < -0.39 is 0 Å². The number of carbonyl (C=O) groups is 1. The Morgan fingerprint density at radius 1 is 1.62 bits per heavy atom. The number of hydrogen-bond acceptors (Lipinski definition) is 3. The lowest BCUT2D eigenvalue weighted by Crippen LogP contribution is -2.36. The van der Waals surface area contributed by atoms with Gasteiger partial charge in [-0.05, 0) is 41.9 Å². The van der Waals surface area contributed by atoms with Gasteiger partial charge in [-0.25, -0.2) is 4.98 Å². The third kappa shape index (κ3) is 4.28. The maximum Gasteiger partial charge on any atom is 0.270 e. The molecular weight excluding hydrogens is 272 g/mol. The van der Waals surface area contributed by atoms with Crippen molar-refractivity contribution in [1.82, 2.24) is 10.3 Å². The Balaban J connectivity index is 2.48. The molecule has 0 aliphatic rings. The van der Waals surface area contributed by atoms with Crippen LogP contribution in [0.3, 0.4) is 0 Å². The Kier molecular flexibility index (Phi) is 5.42. The predicted octanol–water partition coefficient (Wildman–Crippen LogP) is 2.00. The third-order valence-corrected chi connectivity index (χ3v) is 2.38. The summed E-state index contributed by atoms with van der Waals surface area (Å²) in [5.74, 6) is -0.181. The van der Waals surface area contributed by atoms with Crippen molar-refractivity contribution in [3.05, 3.63) is 28.5 Å². The normalized spacial score (nSPS) is 12.2. The van der Waals surface area contributed by atoms with Gasteiger partial charge in [0.05, 0.1) is 6.61 Å². The lowest BCUT2D eigenvalue weighted by molar-refractivity contribution is 0.0867. The molecule has 1 amide bonds. The van der Waals surface area contributed by atoms with Crippen molar-refractivity contribution in [2.45, 2.75) is 19.9 Å². The first kappa shape index (κ1) is 13.1. The minimum Gasteiger partial charge on any atom is -0.380 e. The lowest BCUT2D eigenvalue weighted by atomic mass is 10.3. The van der Waals surface area contributed by atoms with E-state index in [2.05, 4.69) is 26.2 Å². The second-order valence-electron chi connectivity index (χ2n) is 3.40. The molecule has 1 rings (SSSR count). The molecule has 1 heterocycles. The van der Waals surface area contributed by atoms with E-state index in [1.165, 1.54) is 0 Å². The summed E-state index contributed by atoms with van der Waals surface area (Å²) in [4.78, 5) is 15.7. The molecule has 1 unspecified atom stereocenters. The molecule has 16 heavy (non-hydrogen) atoms. The maximum atomic E-state index is 11.7. The van der Waals surface area contributed by atoms with Crippen LogP contribution >= 0.6 is 15.9 Å². The quantitative estimate of drug-likeness (QED) is 0.901. The van der Waals surface area contributed by atoms with Crippen molar-refractivity contribution >= 4 is 21.8 Å². The summed E-state index contributed by atoms with van der Waals surface area (Å²) in [7, 11) is 0.